The average molecular weight is 786 g/mol. The van der Waals surface area contributed by atoms with Crippen molar-refractivity contribution in [1.82, 2.24) is 33.9 Å². The average Bonchev–Trinajstić information content (AvgIpc) is 3.20. The highest BCUT2D eigenvalue weighted by Gasteiger charge is 2.37. The maximum atomic E-state index is 13.3. The van der Waals surface area contributed by atoms with E-state index in [9.17, 15) is 24.3 Å². The molecule has 17 heteroatoms. The van der Waals surface area contributed by atoms with Gasteiger partial charge in [0.25, 0.3) is 11.1 Å². The maximum Gasteiger partial charge on any atom is 0.410 e. The lowest BCUT2D eigenvalue weighted by Crippen LogP contribution is -2.56. The van der Waals surface area contributed by atoms with Crippen molar-refractivity contribution in [3.63, 3.8) is 0 Å². The van der Waals surface area contributed by atoms with Gasteiger partial charge in [0.2, 0.25) is 0 Å². The van der Waals surface area contributed by atoms with Crippen molar-refractivity contribution in [1.29, 1.82) is 0 Å². The summed E-state index contributed by atoms with van der Waals surface area (Å²) in [7, 11) is 3.08. The van der Waals surface area contributed by atoms with Gasteiger partial charge < -0.3 is 38.2 Å². The summed E-state index contributed by atoms with van der Waals surface area (Å²) in [5.41, 5.74) is 2.18. The number of carbonyl (C=O) groups excluding carboxylic acids is 2. The van der Waals surface area contributed by atoms with Crippen LogP contribution in [0.3, 0.4) is 0 Å². The minimum Gasteiger partial charge on any atom is -0.495 e. The second-order valence-electron chi connectivity index (χ2n) is 14.5. The normalized spacial score (nSPS) is 16.7. The Bertz CT molecular complexity index is 2340. The smallest absolute Gasteiger partial charge is 0.410 e. The van der Waals surface area contributed by atoms with Crippen molar-refractivity contribution in [2.75, 3.05) is 47.1 Å². The third-order valence-corrected chi connectivity index (χ3v) is 9.47. The topological polar surface area (TPSA) is 190 Å². The van der Waals surface area contributed by atoms with Crippen LogP contribution in [0.25, 0.3) is 22.1 Å². The molecule has 0 spiro atoms. The summed E-state index contributed by atoms with van der Waals surface area (Å²) in [5, 5.41) is 11.3. The molecule has 1 fully saturated rings. The van der Waals surface area contributed by atoms with Crippen LogP contribution < -0.4 is 30.1 Å². The number of β-amino-alcohol motifs (C(OH)–C–C–N with tert-alkyl or cyclic N) is 1. The number of likely N-dealkylation sites (tertiary alicyclic amines) is 1. The van der Waals surface area contributed by atoms with E-state index in [-0.39, 0.29) is 24.2 Å². The molecule has 0 saturated carbocycles. The zero-order valence-corrected chi connectivity index (χ0v) is 32.6. The molecule has 0 bridgehead atoms. The molecule has 2 aliphatic rings. The molecule has 0 aromatic carbocycles. The van der Waals surface area contributed by atoms with Crippen molar-refractivity contribution in [2.24, 2.45) is 0 Å². The van der Waals surface area contributed by atoms with E-state index in [1.54, 1.807) is 65.5 Å². The van der Waals surface area contributed by atoms with Crippen LogP contribution in [0.15, 0.2) is 70.6 Å². The molecular formula is C40H47N7O10. The van der Waals surface area contributed by atoms with E-state index >= 15 is 0 Å². The number of hydrogen-bond donors (Lipinski definition) is 1. The molecule has 5 aromatic heterocycles. The fraction of sp³-hybridized carbons (Fsp3) is 0.425. The summed E-state index contributed by atoms with van der Waals surface area (Å²) in [6.45, 7) is 8.41. The first-order chi connectivity index (χ1) is 27.4. The minimum absolute atomic E-state index is 0.0189. The van der Waals surface area contributed by atoms with Crippen molar-refractivity contribution in [3.8, 4) is 23.0 Å². The highest BCUT2D eigenvalue weighted by atomic mass is 16.6. The zero-order chi connectivity index (χ0) is 40.7. The number of hydrogen-bond acceptors (Lipinski definition) is 14. The summed E-state index contributed by atoms with van der Waals surface area (Å²) >= 11 is 0. The van der Waals surface area contributed by atoms with Crippen LogP contribution in [0.4, 0.5) is 4.79 Å². The summed E-state index contributed by atoms with van der Waals surface area (Å²) in [6.07, 6.45) is 4.63. The van der Waals surface area contributed by atoms with E-state index in [1.165, 1.54) is 23.8 Å². The summed E-state index contributed by atoms with van der Waals surface area (Å²) in [5.74, 6) is 2.27. The van der Waals surface area contributed by atoms with E-state index < -0.39 is 23.8 Å². The molecule has 2 atom stereocenters. The van der Waals surface area contributed by atoms with Gasteiger partial charge in [-0.25, -0.2) is 4.79 Å². The van der Waals surface area contributed by atoms with Crippen LogP contribution in [-0.2, 0) is 29.2 Å². The predicted octanol–water partition coefficient (Wildman–Crippen LogP) is 3.05. The Hall–Kier alpha value is -6.07. The summed E-state index contributed by atoms with van der Waals surface area (Å²) in [6, 6.07) is 11.0. The molecular weight excluding hydrogens is 738 g/mol. The number of aliphatic hydroxyl groups is 1. The molecule has 1 amide bonds. The maximum absolute atomic E-state index is 13.3. The van der Waals surface area contributed by atoms with E-state index in [4.69, 9.17) is 23.7 Å². The molecule has 1 saturated heterocycles. The van der Waals surface area contributed by atoms with E-state index in [0.29, 0.717) is 103 Å². The first-order valence-corrected chi connectivity index (χ1v) is 18.5. The van der Waals surface area contributed by atoms with Gasteiger partial charge in [0, 0.05) is 56.5 Å². The Morgan fingerprint density at radius 1 is 0.877 bits per heavy atom. The Balaban J connectivity index is 0.000000286. The molecule has 0 unspecified atom stereocenters. The number of fused-ring (bicyclic) bond motifs is 3. The molecule has 0 aliphatic carbocycles. The predicted molar refractivity (Wildman–Crippen MR) is 209 cm³/mol. The number of amides is 1. The van der Waals surface area contributed by atoms with Gasteiger partial charge in [-0.1, -0.05) is 0 Å². The number of ether oxygens (including phenoxy) is 5. The number of carbonyl (C=O) groups is 2. The Kier molecular flexibility index (Phi) is 12.7. The van der Waals surface area contributed by atoms with Gasteiger partial charge >= 0.3 is 6.09 Å². The highest BCUT2D eigenvalue weighted by molar-refractivity contribution is 5.77. The lowest BCUT2D eigenvalue weighted by atomic mass is 10.00. The fourth-order valence-electron chi connectivity index (χ4n) is 6.70. The van der Waals surface area contributed by atoms with Crippen LogP contribution in [0, 0.1) is 0 Å². The number of rotatable bonds is 10. The molecule has 57 heavy (non-hydrogen) atoms. The molecule has 2 aliphatic heterocycles. The monoisotopic (exact) mass is 785 g/mol. The first-order valence-electron chi connectivity index (χ1n) is 18.5. The number of aromatic nitrogens is 5. The zero-order valence-electron chi connectivity index (χ0n) is 32.6. The SMILES string of the molecule is COc1cnc2ccc(=O)n(CC=O)c2c1.COc1cnc2ccc(=O)n(CCN3CC[C@@H](N(Cc4cc5c(cn4)OCCO5)C(=O)OC(C)(C)C)[C@H](O)C3)c2c1. The third-order valence-electron chi connectivity index (χ3n) is 9.47. The van der Waals surface area contributed by atoms with E-state index in [2.05, 4.69) is 19.9 Å². The van der Waals surface area contributed by atoms with Gasteiger partial charge in [-0.15, -0.1) is 0 Å². The quantitative estimate of drug-likeness (QED) is 0.203. The van der Waals surface area contributed by atoms with Gasteiger partial charge in [-0.2, -0.15) is 0 Å². The lowest BCUT2D eigenvalue weighted by molar-refractivity contribution is -0.108. The van der Waals surface area contributed by atoms with Gasteiger partial charge in [0.05, 0.1) is 85.8 Å². The highest BCUT2D eigenvalue weighted by Crippen LogP contribution is 2.31. The number of aliphatic hydroxyl groups excluding tert-OH is 1. The number of aldehydes is 1. The Morgan fingerprint density at radius 2 is 1.49 bits per heavy atom. The lowest BCUT2D eigenvalue weighted by Gasteiger charge is -2.42. The third kappa shape index (κ3) is 9.85. The summed E-state index contributed by atoms with van der Waals surface area (Å²) < 4.78 is 30.3. The van der Waals surface area contributed by atoms with Crippen LogP contribution >= 0.6 is 0 Å². The van der Waals surface area contributed by atoms with E-state index in [0.717, 1.165) is 0 Å². The summed E-state index contributed by atoms with van der Waals surface area (Å²) in [4.78, 5) is 64.8. The Morgan fingerprint density at radius 3 is 2.09 bits per heavy atom. The van der Waals surface area contributed by atoms with Crippen molar-refractivity contribution < 1.29 is 38.4 Å². The molecule has 7 rings (SSSR count). The standard InChI is InChI=1S/C29H37N5O7.C11H10N2O3/c1-29(2,3)41-28(37)34(17-19-13-25-26(16-30-19)40-12-11-39-25)22-7-8-32(18-24(22)35)9-10-33-23-14-20(38-4)15-31-21(23)5-6-27(33)36;1-16-8-6-10-9(12-7-8)2-3-11(15)13(10)4-5-14/h5-6,13-16,22,24,35H,7-12,17-18H2,1-4H3;2-3,5-7H,4H2,1H3/t22-,24-;/m1./s1. The van der Waals surface area contributed by atoms with Crippen molar-refractivity contribution in [2.45, 2.75) is 64.6 Å². The fourth-order valence-corrected chi connectivity index (χ4v) is 6.70. The van der Waals surface area contributed by atoms with Crippen molar-refractivity contribution in [3.05, 3.63) is 87.5 Å². The minimum atomic E-state index is -0.834. The van der Waals surface area contributed by atoms with Crippen molar-refractivity contribution >= 4 is 34.4 Å². The second-order valence-corrected chi connectivity index (χ2v) is 14.5. The molecule has 7 heterocycles. The second kappa shape index (κ2) is 17.8. The van der Waals surface area contributed by atoms with Gasteiger partial charge in [0.1, 0.15) is 36.6 Å². The first kappa shape index (κ1) is 40.6. The van der Waals surface area contributed by atoms with Gasteiger partial charge in [-0.3, -0.25) is 38.9 Å². The van der Waals surface area contributed by atoms with Gasteiger partial charge in [-0.05, 0) is 39.3 Å². The number of methoxy groups -OCH3 is 2. The molecule has 0 radical (unpaired) electrons. The number of pyridine rings is 5. The number of piperidine rings is 1. The van der Waals surface area contributed by atoms with Crippen LogP contribution in [-0.4, -0.2) is 116 Å². The Labute approximate surface area is 328 Å². The number of nitrogens with zero attached hydrogens (tertiary/aromatic N) is 7. The molecule has 17 nitrogen and oxygen atoms in total. The van der Waals surface area contributed by atoms with Crippen LogP contribution in [0.1, 0.15) is 32.9 Å². The molecule has 5 aromatic rings. The largest absolute Gasteiger partial charge is 0.495 e. The molecule has 1 N–H and O–H groups in total. The van der Waals surface area contributed by atoms with Crippen LogP contribution in [0.2, 0.25) is 0 Å². The van der Waals surface area contributed by atoms with Gasteiger partial charge in [0.15, 0.2) is 11.5 Å². The van der Waals surface area contributed by atoms with Crippen LogP contribution in [0.5, 0.6) is 23.0 Å². The van der Waals surface area contributed by atoms with E-state index in [1.807, 2.05) is 20.8 Å². The molecule has 302 valence electrons.